The molecule has 0 radical (unpaired) electrons. The normalized spacial score (nSPS) is 12.5. The van der Waals surface area contributed by atoms with Gasteiger partial charge in [-0.1, -0.05) is 6.07 Å². The van der Waals surface area contributed by atoms with Crippen molar-refractivity contribution in [3.63, 3.8) is 0 Å². The minimum atomic E-state index is -4.28. The molecule has 17 heavy (non-hydrogen) atoms. The zero-order chi connectivity index (χ0) is 13.1. The van der Waals surface area contributed by atoms with E-state index in [1.165, 1.54) is 24.3 Å². The first-order valence-corrected chi connectivity index (χ1v) is 6.57. The van der Waals surface area contributed by atoms with Gasteiger partial charge in [-0.05, 0) is 18.2 Å². The van der Waals surface area contributed by atoms with Crippen molar-refractivity contribution in [1.82, 2.24) is 0 Å². The SMILES string of the molecule is CS(=O)(=O)c1cccc(OCCC(F)(F)F)c1. The van der Waals surface area contributed by atoms with Crippen molar-refractivity contribution < 1.29 is 26.3 Å². The van der Waals surface area contributed by atoms with Crippen LogP contribution in [0.15, 0.2) is 29.2 Å². The van der Waals surface area contributed by atoms with Gasteiger partial charge in [0.15, 0.2) is 9.84 Å². The molecular weight excluding hydrogens is 257 g/mol. The summed E-state index contributed by atoms with van der Waals surface area (Å²) in [5.41, 5.74) is 0. The van der Waals surface area contributed by atoms with E-state index in [1.807, 2.05) is 0 Å². The van der Waals surface area contributed by atoms with Crippen LogP contribution in [0.1, 0.15) is 6.42 Å². The number of rotatable bonds is 4. The Bertz CT molecular complexity index is 480. The molecule has 0 amide bonds. The van der Waals surface area contributed by atoms with E-state index in [4.69, 9.17) is 4.74 Å². The van der Waals surface area contributed by atoms with Crippen LogP contribution in [0.5, 0.6) is 5.75 Å². The number of sulfone groups is 1. The fraction of sp³-hybridized carbons (Fsp3) is 0.400. The van der Waals surface area contributed by atoms with Crippen LogP contribution in [-0.2, 0) is 9.84 Å². The fourth-order valence-electron chi connectivity index (χ4n) is 1.08. The highest BCUT2D eigenvalue weighted by Gasteiger charge is 2.26. The smallest absolute Gasteiger partial charge is 0.392 e. The summed E-state index contributed by atoms with van der Waals surface area (Å²) in [4.78, 5) is 0.0157. The maximum Gasteiger partial charge on any atom is 0.392 e. The van der Waals surface area contributed by atoms with Gasteiger partial charge in [-0.15, -0.1) is 0 Å². The molecule has 96 valence electrons. The third-order valence-corrected chi connectivity index (χ3v) is 3.00. The van der Waals surface area contributed by atoms with Crippen LogP contribution in [0.25, 0.3) is 0 Å². The number of hydrogen-bond donors (Lipinski definition) is 0. The van der Waals surface area contributed by atoms with E-state index in [0.717, 1.165) is 6.26 Å². The van der Waals surface area contributed by atoms with Crippen molar-refractivity contribution in [2.75, 3.05) is 12.9 Å². The highest BCUT2D eigenvalue weighted by Crippen LogP contribution is 2.21. The molecule has 0 aliphatic carbocycles. The molecule has 0 aromatic heterocycles. The Balaban J connectivity index is 2.68. The van der Waals surface area contributed by atoms with E-state index < -0.39 is 29.0 Å². The first-order chi connectivity index (χ1) is 7.68. The topological polar surface area (TPSA) is 43.4 Å². The van der Waals surface area contributed by atoms with Crippen LogP contribution in [0.3, 0.4) is 0 Å². The molecule has 3 nitrogen and oxygen atoms in total. The fourth-order valence-corrected chi connectivity index (χ4v) is 1.74. The highest BCUT2D eigenvalue weighted by atomic mass is 32.2. The monoisotopic (exact) mass is 268 g/mol. The predicted octanol–water partition coefficient (Wildman–Crippen LogP) is 2.42. The molecule has 0 aliphatic heterocycles. The van der Waals surface area contributed by atoms with E-state index in [-0.39, 0.29) is 10.6 Å². The standard InChI is InChI=1S/C10H11F3O3S/c1-17(14,15)9-4-2-3-8(7-9)16-6-5-10(11,12)13/h2-4,7H,5-6H2,1H3. The maximum absolute atomic E-state index is 11.9. The van der Waals surface area contributed by atoms with Crippen LogP contribution in [-0.4, -0.2) is 27.5 Å². The number of halogens is 3. The van der Waals surface area contributed by atoms with Crippen LogP contribution in [0, 0.1) is 0 Å². The molecule has 1 aromatic carbocycles. The van der Waals surface area contributed by atoms with Crippen LogP contribution < -0.4 is 4.74 Å². The quantitative estimate of drug-likeness (QED) is 0.842. The van der Waals surface area contributed by atoms with Crippen molar-refractivity contribution in [1.29, 1.82) is 0 Å². The molecule has 0 atom stereocenters. The van der Waals surface area contributed by atoms with Crippen molar-refractivity contribution in [2.24, 2.45) is 0 Å². The molecule has 0 spiro atoms. The van der Waals surface area contributed by atoms with E-state index in [0.29, 0.717) is 0 Å². The molecule has 7 heteroatoms. The zero-order valence-electron chi connectivity index (χ0n) is 8.99. The van der Waals surface area contributed by atoms with Gasteiger partial charge in [-0.3, -0.25) is 0 Å². The van der Waals surface area contributed by atoms with Gasteiger partial charge in [0.1, 0.15) is 5.75 Å². The number of alkyl halides is 3. The number of benzene rings is 1. The second kappa shape index (κ2) is 4.95. The lowest BCUT2D eigenvalue weighted by molar-refractivity contribution is -0.139. The Morgan fingerprint density at radius 3 is 2.47 bits per heavy atom. The molecule has 0 aliphatic rings. The van der Waals surface area contributed by atoms with Crippen LogP contribution in [0.4, 0.5) is 13.2 Å². The first-order valence-electron chi connectivity index (χ1n) is 4.68. The molecular formula is C10H11F3O3S. The molecule has 0 bridgehead atoms. The van der Waals surface area contributed by atoms with Gasteiger partial charge in [-0.25, -0.2) is 8.42 Å². The second-order valence-electron chi connectivity index (χ2n) is 3.46. The van der Waals surface area contributed by atoms with E-state index in [2.05, 4.69) is 0 Å². The van der Waals surface area contributed by atoms with Gasteiger partial charge in [0, 0.05) is 6.26 Å². The number of ether oxygens (including phenoxy) is 1. The summed E-state index contributed by atoms with van der Waals surface area (Å²) in [5, 5.41) is 0. The number of hydrogen-bond acceptors (Lipinski definition) is 3. The Kier molecular flexibility index (Phi) is 4.03. The summed E-state index contributed by atoms with van der Waals surface area (Å²) in [6.07, 6.45) is -4.34. The van der Waals surface area contributed by atoms with Gasteiger partial charge >= 0.3 is 6.18 Å². The molecule has 1 rings (SSSR count). The third kappa shape index (κ3) is 5.08. The van der Waals surface area contributed by atoms with E-state index >= 15 is 0 Å². The zero-order valence-corrected chi connectivity index (χ0v) is 9.81. The summed E-state index contributed by atoms with van der Waals surface area (Å²) in [6, 6.07) is 5.38. The van der Waals surface area contributed by atoms with E-state index in [9.17, 15) is 21.6 Å². The van der Waals surface area contributed by atoms with Gasteiger partial charge in [-0.2, -0.15) is 13.2 Å². The third-order valence-electron chi connectivity index (χ3n) is 1.89. The summed E-state index contributed by atoms with van der Waals surface area (Å²) in [5.74, 6) is 0.108. The van der Waals surface area contributed by atoms with Crippen LogP contribution >= 0.6 is 0 Å². The van der Waals surface area contributed by atoms with Gasteiger partial charge in [0.2, 0.25) is 0 Å². The molecule has 0 fully saturated rings. The molecule has 0 unspecified atom stereocenters. The molecule has 0 N–H and O–H groups in total. The molecule has 0 saturated heterocycles. The lowest BCUT2D eigenvalue weighted by atomic mass is 10.3. The Labute approximate surface area is 97.1 Å². The Hall–Kier alpha value is -1.24. The van der Waals surface area contributed by atoms with Crippen molar-refractivity contribution in [2.45, 2.75) is 17.5 Å². The van der Waals surface area contributed by atoms with Crippen molar-refractivity contribution in [3.8, 4) is 5.75 Å². The van der Waals surface area contributed by atoms with Crippen LogP contribution in [0.2, 0.25) is 0 Å². The Morgan fingerprint density at radius 1 is 1.29 bits per heavy atom. The summed E-state index contributed by atoms with van der Waals surface area (Å²) < 4.78 is 62.8. The maximum atomic E-state index is 11.9. The average molecular weight is 268 g/mol. The second-order valence-corrected chi connectivity index (χ2v) is 5.48. The van der Waals surface area contributed by atoms with Gasteiger partial charge in [0.25, 0.3) is 0 Å². The summed E-state index contributed by atoms with van der Waals surface area (Å²) >= 11 is 0. The first kappa shape index (κ1) is 13.8. The highest BCUT2D eigenvalue weighted by molar-refractivity contribution is 7.90. The molecule has 0 saturated carbocycles. The van der Waals surface area contributed by atoms with E-state index in [1.54, 1.807) is 0 Å². The molecule has 0 heterocycles. The Morgan fingerprint density at radius 2 is 1.94 bits per heavy atom. The average Bonchev–Trinajstić information content (AvgIpc) is 2.15. The minimum absolute atomic E-state index is 0.0157. The van der Waals surface area contributed by atoms with Crippen molar-refractivity contribution >= 4 is 9.84 Å². The summed E-state index contributed by atoms with van der Waals surface area (Å²) in [7, 11) is -3.38. The minimum Gasteiger partial charge on any atom is -0.493 e. The van der Waals surface area contributed by atoms with Crippen molar-refractivity contribution in [3.05, 3.63) is 24.3 Å². The largest absolute Gasteiger partial charge is 0.493 e. The summed E-state index contributed by atoms with van der Waals surface area (Å²) in [6.45, 7) is -0.531. The lowest BCUT2D eigenvalue weighted by Gasteiger charge is -2.09. The lowest BCUT2D eigenvalue weighted by Crippen LogP contribution is -2.13. The van der Waals surface area contributed by atoms with Gasteiger partial charge < -0.3 is 4.74 Å². The predicted molar refractivity (Wildman–Crippen MR) is 55.7 cm³/mol. The van der Waals surface area contributed by atoms with Gasteiger partial charge in [0.05, 0.1) is 17.9 Å². The molecule has 1 aromatic rings.